The van der Waals surface area contributed by atoms with Crippen molar-refractivity contribution < 1.29 is 4.43 Å². The van der Waals surface area contributed by atoms with Gasteiger partial charge in [-0.15, -0.1) is 0 Å². The number of hydrogen-bond acceptors (Lipinski definition) is 2. The average molecular weight is 512 g/mol. The second-order valence-electron chi connectivity index (χ2n) is 9.98. The van der Waals surface area contributed by atoms with E-state index >= 15 is 0 Å². The van der Waals surface area contributed by atoms with Gasteiger partial charge in [0, 0.05) is 0 Å². The van der Waals surface area contributed by atoms with Crippen LogP contribution in [0.15, 0.2) is 6.20 Å². The molecular weight excluding hydrogens is 465 g/mol. The van der Waals surface area contributed by atoms with Crippen LogP contribution in [0.5, 0.6) is 5.75 Å². The van der Waals surface area contributed by atoms with E-state index in [0.717, 1.165) is 5.75 Å². The predicted octanol–water partition coefficient (Wildman–Crippen LogP) is 7.11. The van der Waals surface area contributed by atoms with E-state index in [9.17, 15) is 0 Å². The van der Waals surface area contributed by atoms with Gasteiger partial charge in [-0.2, -0.15) is 0 Å². The number of unbranched alkanes of at least 4 members (excludes halogenated alkanes) is 3. The van der Waals surface area contributed by atoms with Crippen molar-refractivity contribution in [3.05, 3.63) is 17.3 Å². The molecule has 0 aliphatic heterocycles. The van der Waals surface area contributed by atoms with Crippen molar-refractivity contribution >= 4 is 31.1 Å². The molecule has 0 aliphatic rings. The Bertz CT molecular complexity index is 573. The Labute approximate surface area is 181 Å². The maximum absolute atomic E-state index is 6.36. The van der Waals surface area contributed by atoms with E-state index < -0.39 is 27.4 Å². The van der Waals surface area contributed by atoms with Crippen molar-refractivity contribution in [2.45, 2.75) is 119 Å². The van der Waals surface area contributed by atoms with Gasteiger partial charge < -0.3 is 0 Å². The van der Waals surface area contributed by atoms with E-state index in [1.54, 1.807) is 3.71 Å². The third-order valence-electron chi connectivity index (χ3n) is 5.93. The third-order valence-corrected chi connectivity index (χ3v) is 22.2. The Balaban J connectivity index is 3.61. The van der Waals surface area contributed by atoms with Crippen LogP contribution in [0, 0.1) is 6.92 Å². The van der Waals surface area contributed by atoms with Crippen molar-refractivity contribution in [3.63, 3.8) is 0 Å². The summed E-state index contributed by atoms with van der Waals surface area (Å²) in [5, 5.41) is 0. The fourth-order valence-corrected chi connectivity index (χ4v) is 21.9. The molecule has 0 spiro atoms. The van der Waals surface area contributed by atoms with E-state index in [1.165, 1.54) is 63.0 Å². The summed E-state index contributed by atoms with van der Waals surface area (Å²) in [6, 6.07) is 0. The molecule has 1 heterocycles. The number of hydrogen-bond donors (Lipinski definition) is 0. The molecular formula is C24H47NOSiSn. The van der Waals surface area contributed by atoms with E-state index in [4.69, 9.17) is 9.41 Å². The zero-order valence-electron chi connectivity index (χ0n) is 20.4. The fraction of sp³-hybridized carbons (Fsp3) is 0.792. The molecule has 0 saturated heterocycles. The van der Waals surface area contributed by atoms with Crippen LogP contribution in [0.4, 0.5) is 0 Å². The van der Waals surface area contributed by atoms with Crippen molar-refractivity contribution in [2.24, 2.45) is 0 Å². The molecule has 4 heteroatoms. The predicted molar refractivity (Wildman–Crippen MR) is 132 cm³/mol. The first-order chi connectivity index (χ1) is 13.1. The quantitative estimate of drug-likeness (QED) is 0.279. The van der Waals surface area contributed by atoms with Crippen LogP contribution in [-0.4, -0.2) is 32.4 Å². The molecule has 0 fully saturated rings. The van der Waals surface area contributed by atoms with Crippen LogP contribution >= 0.6 is 0 Å². The molecule has 0 bridgehead atoms. The molecule has 0 saturated carbocycles. The first kappa shape index (κ1) is 26.0. The first-order valence-electron chi connectivity index (χ1n) is 11.8. The Hall–Kier alpha value is -0.0344. The summed E-state index contributed by atoms with van der Waals surface area (Å²) < 4.78 is 12.4. The van der Waals surface area contributed by atoms with E-state index in [-0.39, 0.29) is 5.41 Å². The summed E-state index contributed by atoms with van der Waals surface area (Å²) in [7, 11) is -1.15. The Morgan fingerprint density at radius 1 is 0.929 bits per heavy atom. The number of pyridine rings is 1. The minimum atomic E-state index is -2.54. The van der Waals surface area contributed by atoms with Crippen LogP contribution in [-0.2, 0) is 5.41 Å². The molecule has 0 aliphatic carbocycles. The second kappa shape index (κ2) is 12.0. The molecule has 1 aromatic heterocycles. The molecule has 28 heavy (non-hydrogen) atoms. The van der Waals surface area contributed by atoms with Gasteiger partial charge in [-0.25, -0.2) is 0 Å². The first-order valence-corrected chi connectivity index (χ1v) is 22.1. The van der Waals surface area contributed by atoms with Gasteiger partial charge in [-0.3, -0.25) is 0 Å². The summed E-state index contributed by atoms with van der Waals surface area (Å²) in [5.41, 5.74) is 3.01. The third kappa shape index (κ3) is 7.03. The molecule has 0 amide bonds. The maximum atomic E-state index is 6.36. The number of nitrogens with zero attached hydrogens (tertiary/aromatic N) is 1. The van der Waals surface area contributed by atoms with Crippen molar-refractivity contribution in [3.8, 4) is 5.75 Å². The van der Waals surface area contributed by atoms with Gasteiger partial charge in [-0.1, -0.05) is 0 Å². The molecule has 1 aromatic rings. The molecule has 0 aromatic carbocycles. The van der Waals surface area contributed by atoms with Gasteiger partial charge in [0.05, 0.1) is 0 Å². The molecule has 0 unspecified atom stereocenters. The van der Waals surface area contributed by atoms with Crippen LogP contribution in [0.3, 0.4) is 0 Å². The zero-order valence-corrected chi connectivity index (χ0v) is 24.4. The Morgan fingerprint density at radius 2 is 1.39 bits per heavy atom. The second-order valence-corrected chi connectivity index (χ2v) is 25.3. The van der Waals surface area contributed by atoms with E-state index in [1.807, 2.05) is 0 Å². The van der Waals surface area contributed by atoms with Gasteiger partial charge >= 0.3 is 182 Å². The number of rotatable bonds is 12. The van der Waals surface area contributed by atoms with Gasteiger partial charge in [0.15, 0.2) is 0 Å². The molecule has 0 N–H and O–H groups in total. The normalized spacial score (nSPS) is 12.6. The molecule has 1 rings (SSSR count). The molecule has 0 atom stereocenters. The van der Waals surface area contributed by atoms with Gasteiger partial charge in [0.2, 0.25) is 0 Å². The van der Waals surface area contributed by atoms with Crippen LogP contribution in [0.2, 0.25) is 26.4 Å². The monoisotopic (exact) mass is 513 g/mol. The Morgan fingerprint density at radius 3 is 1.75 bits per heavy atom. The summed E-state index contributed by atoms with van der Waals surface area (Å²) >= 11 is -2.54. The summed E-state index contributed by atoms with van der Waals surface area (Å²) in [6.45, 7) is 20.9. The minimum absolute atomic E-state index is 0.0955. The standard InChI is InChI=1S/C12H20NOSi.3C4H9.Sn/c1-9-7-13-8-10(14-15(5)6)11(9)12(2,3)4;3*1-3-4-2;/h8,15H,1-6H3;3*1,3-4H2,2H3;. The van der Waals surface area contributed by atoms with Crippen LogP contribution in [0.1, 0.15) is 91.2 Å². The molecule has 0 radical (unpaired) electrons. The van der Waals surface area contributed by atoms with Crippen molar-refractivity contribution in [1.29, 1.82) is 0 Å². The summed E-state index contributed by atoms with van der Waals surface area (Å²) in [4.78, 5) is 5.23. The van der Waals surface area contributed by atoms with Gasteiger partial charge in [-0.05, 0) is 0 Å². The summed E-state index contributed by atoms with van der Waals surface area (Å²) in [6.07, 6.45) is 10.2. The summed E-state index contributed by atoms with van der Waals surface area (Å²) in [5.74, 6) is 1.07. The van der Waals surface area contributed by atoms with Crippen LogP contribution < -0.4 is 8.14 Å². The van der Waals surface area contributed by atoms with E-state index in [0.29, 0.717) is 0 Å². The van der Waals surface area contributed by atoms with Gasteiger partial charge in [0.25, 0.3) is 0 Å². The fourth-order valence-electron chi connectivity index (χ4n) is 4.67. The van der Waals surface area contributed by atoms with E-state index in [2.05, 4.69) is 67.8 Å². The van der Waals surface area contributed by atoms with Crippen LogP contribution in [0.25, 0.3) is 0 Å². The van der Waals surface area contributed by atoms with Gasteiger partial charge in [0.1, 0.15) is 0 Å². The van der Waals surface area contributed by atoms with Crippen molar-refractivity contribution in [1.82, 2.24) is 4.98 Å². The number of aromatic nitrogens is 1. The topological polar surface area (TPSA) is 22.1 Å². The SMILES string of the molecule is CCC[CH2][Sn]([CH2]CCC)([CH2]CCC)[c]1ncc(O[SiH](C)C)c(C(C)(C)C)c1C. The molecule has 2 nitrogen and oxygen atoms in total. The van der Waals surface area contributed by atoms with Crippen molar-refractivity contribution in [2.75, 3.05) is 0 Å². The Kier molecular flexibility index (Phi) is 11.1. The molecule has 162 valence electrons. The average Bonchev–Trinajstić information content (AvgIpc) is 2.60. The zero-order chi connectivity index (χ0) is 21.4.